The molecular formula is C19H25F2NO2. The van der Waals surface area contributed by atoms with Gasteiger partial charge in [0, 0.05) is 30.1 Å². The van der Waals surface area contributed by atoms with Crippen molar-refractivity contribution in [1.82, 2.24) is 4.90 Å². The number of carbonyl (C=O) groups excluding carboxylic acids is 1. The van der Waals surface area contributed by atoms with Crippen molar-refractivity contribution in [3.8, 4) is 0 Å². The molecule has 0 atom stereocenters. The van der Waals surface area contributed by atoms with Crippen molar-refractivity contribution in [2.24, 2.45) is 5.41 Å². The predicted octanol–water partition coefficient (Wildman–Crippen LogP) is 5.02. The van der Waals surface area contributed by atoms with Crippen molar-refractivity contribution in [2.75, 3.05) is 13.1 Å². The maximum absolute atomic E-state index is 13.7. The predicted molar refractivity (Wildman–Crippen MR) is 90.5 cm³/mol. The van der Waals surface area contributed by atoms with Crippen LogP contribution in [0.1, 0.15) is 46.6 Å². The lowest BCUT2D eigenvalue weighted by molar-refractivity contribution is -0.0208. The molecule has 3 rings (SSSR count). The summed E-state index contributed by atoms with van der Waals surface area (Å²) in [6.07, 6.45) is 2.38. The molecule has 0 saturated carbocycles. The molecule has 1 saturated heterocycles. The molecule has 5 heteroatoms. The largest absolute Gasteiger partial charge is 0.444 e. The van der Waals surface area contributed by atoms with E-state index in [1.54, 1.807) is 4.90 Å². The van der Waals surface area contributed by atoms with Gasteiger partial charge < -0.3 is 9.64 Å². The molecule has 1 spiro atoms. The second-order valence-corrected chi connectivity index (χ2v) is 7.17. The number of allylic oxidation sites excluding steroid dienone is 1. The van der Waals surface area contributed by atoms with Crippen LogP contribution in [0.15, 0.2) is 24.3 Å². The van der Waals surface area contributed by atoms with Crippen LogP contribution in [0, 0.1) is 17.0 Å². The molecular weight excluding hydrogens is 312 g/mol. The molecule has 1 aromatic rings. The number of likely N-dealkylation sites (tertiary alicyclic amines) is 1. The number of rotatable bonds is 1. The Bertz CT molecular complexity index is 656. The van der Waals surface area contributed by atoms with Crippen LogP contribution in [0.25, 0.3) is 5.57 Å². The summed E-state index contributed by atoms with van der Waals surface area (Å²) in [5.74, 6) is -1.11. The minimum atomic E-state index is -0.573. The van der Waals surface area contributed by atoms with Crippen molar-refractivity contribution >= 4 is 11.7 Å². The zero-order valence-electron chi connectivity index (χ0n) is 15.0. The smallest absolute Gasteiger partial charge is 0.410 e. The van der Waals surface area contributed by atoms with Gasteiger partial charge in [-0.15, -0.1) is 0 Å². The number of halogens is 2. The summed E-state index contributed by atoms with van der Waals surface area (Å²) >= 11 is 0. The number of benzene rings is 1. The molecule has 1 aromatic carbocycles. The zero-order valence-corrected chi connectivity index (χ0v) is 15.0. The number of nitrogens with zero attached hydrogens (tertiary/aromatic N) is 1. The lowest BCUT2D eigenvalue weighted by Crippen LogP contribution is -2.60. The highest BCUT2D eigenvalue weighted by Crippen LogP contribution is 2.50. The lowest BCUT2D eigenvalue weighted by atomic mass is 9.64. The Balaban J connectivity index is 0.00000100. The fourth-order valence-electron chi connectivity index (χ4n) is 3.02. The van der Waals surface area contributed by atoms with E-state index in [4.69, 9.17) is 4.74 Å². The molecule has 0 radical (unpaired) electrons. The molecule has 1 fully saturated rings. The normalized spacial score (nSPS) is 18.0. The second-order valence-electron chi connectivity index (χ2n) is 7.17. The highest BCUT2D eigenvalue weighted by atomic mass is 19.1. The topological polar surface area (TPSA) is 29.5 Å². The van der Waals surface area contributed by atoms with Gasteiger partial charge >= 0.3 is 6.09 Å². The summed E-state index contributed by atoms with van der Waals surface area (Å²) in [5.41, 5.74) is 0.758. The molecule has 0 N–H and O–H groups in total. The standard InChI is InChI=1S/C17H19F2NO2.C2H6/c1-16(2,3)22-15(21)20-9-17(10-20)7-11(8-17)13-5-4-12(18)6-14(13)19;1-2/h4-7H,8-10H2,1-3H3;1-2H3. The third-order valence-electron chi connectivity index (χ3n) is 3.96. The number of ether oxygens (including phenoxy) is 1. The molecule has 1 aliphatic heterocycles. The highest BCUT2D eigenvalue weighted by molar-refractivity contribution is 5.76. The first-order chi connectivity index (χ1) is 11.2. The Morgan fingerprint density at radius 2 is 1.79 bits per heavy atom. The first-order valence-corrected chi connectivity index (χ1v) is 8.33. The van der Waals surface area contributed by atoms with E-state index in [1.165, 1.54) is 12.1 Å². The fraction of sp³-hybridized carbons (Fsp3) is 0.526. The first-order valence-electron chi connectivity index (χ1n) is 8.33. The van der Waals surface area contributed by atoms with Crippen molar-refractivity contribution in [3.63, 3.8) is 0 Å². The van der Waals surface area contributed by atoms with Crippen LogP contribution in [0.5, 0.6) is 0 Å². The van der Waals surface area contributed by atoms with E-state index < -0.39 is 17.2 Å². The van der Waals surface area contributed by atoms with Crippen LogP contribution in [0.3, 0.4) is 0 Å². The maximum Gasteiger partial charge on any atom is 0.410 e. The van der Waals surface area contributed by atoms with E-state index in [9.17, 15) is 13.6 Å². The summed E-state index contributed by atoms with van der Waals surface area (Å²) < 4.78 is 32.0. The molecule has 0 bridgehead atoms. The molecule has 0 unspecified atom stereocenters. The molecule has 3 nitrogen and oxygen atoms in total. The number of hydrogen-bond acceptors (Lipinski definition) is 2. The quantitative estimate of drug-likeness (QED) is 0.720. The lowest BCUT2D eigenvalue weighted by Gasteiger charge is -2.53. The van der Waals surface area contributed by atoms with E-state index in [2.05, 4.69) is 0 Å². The van der Waals surface area contributed by atoms with Gasteiger partial charge in [-0.3, -0.25) is 0 Å². The van der Waals surface area contributed by atoms with Crippen LogP contribution in [0.4, 0.5) is 13.6 Å². The summed E-state index contributed by atoms with van der Waals surface area (Å²) in [4.78, 5) is 13.5. The molecule has 2 aliphatic rings. The molecule has 24 heavy (non-hydrogen) atoms. The minimum absolute atomic E-state index is 0.0624. The Morgan fingerprint density at radius 1 is 1.21 bits per heavy atom. The van der Waals surface area contributed by atoms with Crippen LogP contribution >= 0.6 is 0 Å². The van der Waals surface area contributed by atoms with Gasteiger partial charge in [-0.05, 0) is 44.9 Å². The van der Waals surface area contributed by atoms with Crippen molar-refractivity contribution in [1.29, 1.82) is 0 Å². The van der Waals surface area contributed by atoms with Gasteiger partial charge in [0.25, 0.3) is 0 Å². The molecule has 0 aromatic heterocycles. The third-order valence-corrected chi connectivity index (χ3v) is 3.96. The van der Waals surface area contributed by atoms with Crippen molar-refractivity contribution < 1.29 is 18.3 Å². The van der Waals surface area contributed by atoms with Crippen LogP contribution in [-0.2, 0) is 4.74 Å². The van der Waals surface area contributed by atoms with Crippen LogP contribution in [-0.4, -0.2) is 29.7 Å². The van der Waals surface area contributed by atoms with Gasteiger partial charge in [-0.2, -0.15) is 0 Å². The summed E-state index contributed by atoms with van der Waals surface area (Å²) in [6.45, 7) is 10.7. The SMILES string of the molecule is CC.CC(C)(C)OC(=O)N1CC2(C=C(c3ccc(F)cc3F)C2)C1. The van der Waals surface area contributed by atoms with E-state index in [0.29, 0.717) is 25.1 Å². The fourth-order valence-corrected chi connectivity index (χ4v) is 3.02. The second kappa shape index (κ2) is 6.54. The number of carbonyl (C=O) groups is 1. The Labute approximate surface area is 142 Å². The van der Waals surface area contributed by atoms with E-state index >= 15 is 0 Å². The van der Waals surface area contributed by atoms with Gasteiger partial charge in [0.15, 0.2) is 0 Å². The summed E-state index contributed by atoms with van der Waals surface area (Å²) in [7, 11) is 0. The average molecular weight is 337 g/mol. The van der Waals surface area contributed by atoms with E-state index in [-0.39, 0.29) is 11.5 Å². The van der Waals surface area contributed by atoms with Crippen molar-refractivity contribution in [3.05, 3.63) is 41.5 Å². The molecule has 132 valence electrons. The monoisotopic (exact) mass is 337 g/mol. The van der Waals surface area contributed by atoms with Crippen LogP contribution < -0.4 is 0 Å². The molecule has 1 aliphatic carbocycles. The van der Waals surface area contributed by atoms with Crippen LogP contribution in [0.2, 0.25) is 0 Å². The van der Waals surface area contributed by atoms with E-state index in [0.717, 1.165) is 11.6 Å². The zero-order chi connectivity index (χ0) is 18.1. The number of hydrogen-bond donors (Lipinski definition) is 0. The first kappa shape index (κ1) is 18.4. The third kappa shape index (κ3) is 3.77. The minimum Gasteiger partial charge on any atom is -0.444 e. The number of amides is 1. The Hall–Kier alpha value is -1.91. The van der Waals surface area contributed by atoms with Gasteiger partial charge in [-0.25, -0.2) is 13.6 Å². The summed E-state index contributed by atoms with van der Waals surface area (Å²) in [5, 5.41) is 0. The van der Waals surface area contributed by atoms with Gasteiger partial charge in [-0.1, -0.05) is 19.9 Å². The maximum atomic E-state index is 13.7. The van der Waals surface area contributed by atoms with E-state index in [1.807, 2.05) is 40.7 Å². The average Bonchev–Trinajstić information content (AvgIpc) is 2.37. The highest BCUT2D eigenvalue weighted by Gasteiger charge is 2.50. The Kier molecular flexibility index (Phi) is 5.02. The summed E-state index contributed by atoms with van der Waals surface area (Å²) in [6, 6.07) is 3.63. The van der Waals surface area contributed by atoms with Gasteiger partial charge in [0.05, 0.1) is 0 Å². The van der Waals surface area contributed by atoms with Crippen molar-refractivity contribution in [2.45, 2.75) is 46.6 Å². The van der Waals surface area contributed by atoms with Gasteiger partial charge in [0.2, 0.25) is 0 Å². The molecule has 1 amide bonds. The Morgan fingerprint density at radius 3 is 2.29 bits per heavy atom. The van der Waals surface area contributed by atoms with Gasteiger partial charge in [0.1, 0.15) is 17.2 Å². The molecule has 1 heterocycles.